The summed E-state index contributed by atoms with van der Waals surface area (Å²) in [6.45, 7) is 2.27. The van der Waals surface area contributed by atoms with E-state index in [0.717, 1.165) is 5.75 Å². The molecule has 1 heterocycles. The van der Waals surface area contributed by atoms with Crippen LogP contribution in [0.2, 0.25) is 0 Å². The molecule has 0 aromatic carbocycles. The molecule has 1 fully saturated rings. The van der Waals surface area contributed by atoms with Gasteiger partial charge in [-0.25, -0.2) is 0 Å². The molecule has 0 atom stereocenters. The Kier molecular flexibility index (Phi) is 4.18. The van der Waals surface area contributed by atoms with Gasteiger partial charge in [0.25, 0.3) is 0 Å². The highest BCUT2D eigenvalue weighted by atomic mass is 32.1. The number of carbonyl (C=O) groups excluding carboxylic acids is 1. The van der Waals surface area contributed by atoms with E-state index in [2.05, 4.69) is 12.6 Å². The van der Waals surface area contributed by atoms with Crippen LogP contribution in [-0.2, 0) is 9.53 Å². The van der Waals surface area contributed by atoms with E-state index in [1.807, 2.05) is 12.2 Å². The largest absolute Gasteiger partial charge is 0.370 e. The molecular formula is C8H13NO2S. The zero-order chi connectivity index (χ0) is 8.81. The number of thiol groups is 1. The van der Waals surface area contributed by atoms with E-state index in [1.54, 1.807) is 4.90 Å². The maximum atomic E-state index is 11.1. The Bertz CT molecular complexity index is 182. The number of hydrogen-bond donors (Lipinski definition) is 1. The molecule has 1 amide bonds. The zero-order valence-electron chi connectivity index (χ0n) is 6.90. The normalized spacial score (nSPS) is 19.1. The molecule has 3 nitrogen and oxygen atoms in total. The van der Waals surface area contributed by atoms with Crippen molar-refractivity contribution in [2.24, 2.45) is 0 Å². The van der Waals surface area contributed by atoms with E-state index in [-0.39, 0.29) is 12.5 Å². The SMILES string of the molecule is O=C1COCCN1CC=CCS. The van der Waals surface area contributed by atoms with Gasteiger partial charge in [-0.1, -0.05) is 12.2 Å². The lowest BCUT2D eigenvalue weighted by molar-refractivity contribution is -0.141. The van der Waals surface area contributed by atoms with E-state index in [1.165, 1.54) is 0 Å². The predicted octanol–water partition coefficient (Wildman–Crippen LogP) is 0.331. The third-order valence-corrected chi connectivity index (χ3v) is 1.89. The zero-order valence-corrected chi connectivity index (χ0v) is 7.80. The minimum Gasteiger partial charge on any atom is -0.370 e. The summed E-state index contributed by atoms with van der Waals surface area (Å²) in [6, 6.07) is 0. The highest BCUT2D eigenvalue weighted by Gasteiger charge is 2.16. The Morgan fingerprint density at radius 3 is 3.08 bits per heavy atom. The van der Waals surface area contributed by atoms with Crippen LogP contribution in [0, 0.1) is 0 Å². The van der Waals surface area contributed by atoms with Crippen LogP contribution in [0.15, 0.2) is 12.2 Å². The van der Waals surface area contributed by atoms with Crippen molar-refractivity contribution in [1.82, 2.24) is 4.90 Å². The number of amides is 1. The lowest BCUT2D eigenvalue weighted by Crippen LogP contribution is -2.41. The van der Waals surface area contributed by atoms with Gasteiger partial charge in [-0.05, 0) is 0 Å². The maximum absolute atomic E-state index is 11.1. The van der Waals surface area contributed by atoms with Crippen molar-refractivity contribution in [1.29, 1.82) is 0 Å². The van der Waals surface area contributed by atoms with Crippen molar-refractivity contribution < 1.29 is 9.53 Å². The Morgan fingerprint density at radius 2 is 2.42 bits per heavy atom. The first kappa shape index (κ1) is 9.61. The quantitative estimate of drug-likeness (QED) is 0.510. The molecule has 12 heavy (non-hydrogen) atoms. The molecule has 0 radical (unpaired) electrons. The maximum Gasteiger partial charge on any atom is 0.248 e. The molecule has 1 rings (SSSR count). The van der Waals surface area contributed by atoms with E-state index in [9.17, 15) is 4.79 Å². The predicted molar refractivity (Wildman–Crippen MR) is 50.4 cm³/mol. The number of hydrogen-bond acceptors (Lipinski definition) is 3. The van der Waals surface area contributed by atoms with Gasteiger partial charge in [-0.3, -0.25) is 4.79 Å². The van der Waals surface area contributed by atoms with E-state index in [0.29, 0.717) is 19.7 Å². The molecule has 1 saturated heterocycles. The smallest absolute Gasteiger partial charge is 0.248 e. The molecule has 0 aromatic rings. The van der Waals surface area contributed by atoms with Crippen molar-refractivity contribution in [3.63, 3.8) is 0 Å². The van der Waals surface area contributed by atoms with Crippen LogP contribution in [0.3, 0.4) is 0 Å². The Morgan fingerprint density at radius 1 is 1.58 bits per heavy atom. The van der Waals surface area contributed by atoms with Crippen LogP contribution in [0.25, 0.3) is 0 Å². The number of carbonyl (C=O) groups is 1. The van der Waals surface area contributed by atoms with Crippen molar-refractivity contribution in [2.45, 2.75) is 0 Å². The second-order valence-corrected chi connectivity index (χ2v) is 2.91. The van der Waals surface area contributed by atoms with Gasteiger partial charge in [0.1, 0.15) is 6.61 Å². The summed E-state index contributed by atoms with van der Waals surface area (Å²) in [5.74, 6) is 0.795. The lowest BCUT2D eigenvalue weighted by atomic mass is 10.4. The molecular weight excluding hydrogens is 174 g/mol. The minimum atomic E-state index is 0.0741. The number of morpholine rings is 1. The van der Waals surface area contributed by atoms with Gasteiger partial charge in [0, 0.05) is 18.8 Å². The first-order valence-electron chi connectivity index (χ1n) is 3.96. The molecule has 68 valence electrons. The van der Waals surface area contributed by atoms with Crippen molar-refractivity contribution in [2.75, 3.05) is 32.1 Å². The van der Waals surface area contributed by atoms with Crippen LogP contribution < -0.4 is 0 Å². The van der Waals surface area contributed by atoms with E-state index >= 15 is 0 Å². The first-order valence-corrected chi connectivity index (χ1v) is 4.59. The topological polar surface area (TPSA) is 29.5 Å². The molecule has 1 aliphatic rings. The van der Waals surface area contributed by atoms with E-state index in [4.69, 9.17) is 4.74 Å². The van der Waals surface area contributed by atoms with Crippen LogP contribution in [-0.4, -0.2) is 42.9 Å². The highest BCUT2D eigenvalue weighted by Crippen LogP contribution is 1.98. The van der Waals surface area contributed by atoms with Crippen LogP contribution >= 0.6 is 12.6 Å². The molecule has 0 unspecified atom stereocenters. The Hall–Kier alpha value is -0.480. The minimum absolute atomic E-state index is 0.0741. The second kappa shape index (κ2) is 5.22. The number of ether oxygens (including phenoxy) is 1. The average molecular weight is 187 g/mol. The fourth-order valence-corrected chi connectivity index (χ4v) is 1.17. The second-order valence-electron chi connectivity index (χ2n) is 2.55. The average Bonchev–Trinajstić information content (AvgIpc) is 2.09. The summed E-state index contributed by atoms with van der Waals surface area (Å²) in [5, 5.41) is 0. The Balaban J connectivity index is 2.29. The fraction of sp³-hybridized carbons (Fsp3) is 0.625. The van der Waals surface area contributed by atoms with Crippen molar-refractivity contribution in [3.8, 4) is 0 Å². The summed E-state index contributed by atoms with van der Waals surface area (Å²) < 4.78 is 4.99. The van der Waals surface area contributed by atoms with Gasteiger partial charge in [-0.2, -0.15) is 12.6 Å². The van der Waals surface area contributed by atoms with E-state index < -0.39 is 0 Å². The summed E-state index contributed by atoms with van der Waals surface area (Å²) >= 11 is 4.03. The summed E-state index contributed by atoms with van der Waals surface area (Å²) in [4.78, 5) is 12.9. The van der Waals surface area contributed by atoms with Gasteiger partial charge in [0.15, 0.2) is 0 Å². The van der Waals surface area contributed by atoms with Gasteiger partial charge < -0.3 is 9.64 Å². The van der Waals surface area contributed by atoms with Gasteiger partial charge in [0.05, 0.1) is 6.61 Å². The molecule has 0 spiro atoms. The van der Waals surface area contributed by atoms with Gasteiger partial charge >= 0.3 is 0 Å². The molecule has 0 aliphatic carbocycles. The third-order valence-electron chi connectivity index (χ3n) is 1.68. The van der Waals surface area contributed by atoms with Crippen molar-refractivity contribution >= 4 is 18.5 Å². The number of nitrogens with zero attached hydrogens (tertiary/aromatic N) is 1. The number of rotatable bonds is 3. The first-order chi connectivity index (χ1) is 5.84. The third kappa shape index (κ3) is 2.87. The van der Waals surface area contributed by atoms with Crippen LogP contribution in [0.1, 0.15) is 0 Å². The monoisotopic (exact) mass is 187 g/mol. The van der Waals surface area contributed by atoms with Gasteiger partial charge in [-0.15, -0.1) is 0 Å². The molecule has 1 aliphatic heterocycles. The molecule has 0 bridgehead atoms. The summed E-state index contributed by atoms with van der Waals surface area (Å²) in [6.07, 6.45) is 3.89. The summed E-state index contributed by atoms with van der Waals surface area (Å²) in [7, 11) is 0. The Labute approximate surface area is 77.8 Å². The van der Waals surface area contributed by atoms with Crippen LogP contribution in [0.4, 0.5) is 0 Å². The fourth-order valence-electron chi connectivity index (χ4n) is 1.02. The molecule has 0 N–H and O–H groups in total. The van der Waals surface area contributed by atoms with Crippen molar-refractivity contribution in [3.05, 3.63) is 12.2 Å². The summed E-state index contributed by atoms with van der Waals surface area (Å²) in [5.41, 5.74) is 0. The highest BCUT2D eigenvalue weighted by molar-refractivity contribution is 7.80. The molecule has 4 heteroatoms. The molecule has 0 aromatic heterocycles. The van der Waals surface area contributed by atoms with Crippen LogP contribution in [0.5, 0.6) is 0 Å². The lowest BCUT2D eigenvalue weighted by Gasteiger charge is -2.25. The van der Waals surface area contributed by atoms with Gasteiger partial charge in [0.2, 0.25) is 5.91 Å². The standard InChI is InChI=1S/C8H13NO2S/c10-8-7-11-5-4-9(8)3-1-2-6-12/h1-2,12H,3-7H2. The molecule has 0 saturated carbocycles.